The Labute approximate surface area is 218 Å². The molecule has 17 heteroatoms. The summed E-state index contributed by atoms with van der Waals surface area (Å²) in [5, 5.41) is 39.0. The van der Waals surface area contributed by atoms with Crippen LogP contribution in [-0.2, 0) is 37.2 Å². The Morgan fingerprint density at radius 2 is 2.16 bits per heavy atom. The number of thioether (sulfide) groups is 1. The first-order chi connectivity index (χ1) is 18.2. The molecule has 200 valence electrons. The summed E-state index contributed by atoms with van der Waals surface area (Å²) < 4.78 is 1.59. The molecule has 16 nitrogen and oxygen atoms in total. The number of aromatic nitrogens is 4. The largest absolute Gasteiger partial charge is 0.543 e. The van der Waals surface area contributed by atoms with Crippen LogP contribution >= 0.6 is 11.8 Å². The van der Waals surface area contributed by atoms with Crippen molar-refractivity contribution in [3.63, 3.8) is 0 Å². The molecule has 2 aromatic heterocycles. The average molecular weight is 547 g/mol. The molecule has 0 aromatic carbocycles. The van der Waals surface area contributed by atoms with Gasteiger partial charge >= 0.3 is 5.97 Å². The van der Waals surface area contributed by atoms with E-state index in [0.717, 1.165) is 27.8 Å². The molecule has 0 radical (unpaired) electrons. The highest BCUT2D eigenvalue weighted by Gasteiger charge is 2.50. The molecule has 2 aromatic rings. The number of fused-ring (bicyclic) bond motifs is 1. The number of hydrogen-bond acceptors (Lipinski definition) is 12. The number of pyridine rings is 1. The van der Waals surface area contributed by atoms with Gasteiger partial charge in [-0.1, -0.05) is 5.16 Å². The molecule has 0 aliphatic carbocycles. The van der Waals surface area contributed by atoms with Gasteiger partial charge in [-0.05, 0) is 5.56 Å². The van der Waals surface area contributed by atoms with Crippen molar-refractivity contribution in [2.45, 2.75) is 36.4 Å². The molecular formula is C21H22N8O8S. The number of nitrogens with zero attached hydrogens (tertiary/aromatic N) is 6. The van der Waals surface area contributed by atoms with E-state index in [0.29, 0.717) is 5.56 Å². The number of amides is 2. The number of carbonyl (C=O) groups is 4. The lowest BCUT2D eigenvalue weighted by Gasteiger charge is -2.49. The first-order valence-corrected chi connectivity index (χ1v) is 11.9. The van der Waals surface area contributed by atoms with E-state index in [2.05, 4.69) is 25.2 Å². The smallest absolute Gasteiger partial charge is 0.328 e. The maximum atomic E-state index is 13.3. The highest BCUT2D eigenvalue weighted by molar-refractivity contribution is 8.01. The number of carboxylic acids is 2. The predicted octanol–water partition coefficient (Wildman–Crippen LogP) is -3.03. The summed E-state index contributed by atoms with van der Waals surface area (Å²) in [7, 11) is 1.21. The van der Waals surface area contributed by atoms with Gasteiger partial charge in [0.1, 0.15) is 18.7 Å². The van der Waals surface area contributed by atoms with Crippen LogP contribution in [0, 0.1) is 0 Å². The van der Waals surface area contributed by atoms with E-state index in [9.17, 15) is 34.5 Å². The molecule has 4 rings (SSSR count). The van der Waals surface area contributed by atoms with E-state index >= 15 is 0 Å². The third kappa shape index (κ3) is 5.06. The maximum Gasteiger partial charge on any atom is 0.328 e. The van der Waals surface area contributed by atoms with Gasteiger partial charge in [0.05, 0.1) is 35.6 Å². The number of rotatable bonds is 10. The number of carboxylic acid groups (broad SMARTS) is 2. The van der Waals surface area contributed by atoms with Crippen molar-refractivity contribution in [2.75, 3.05) is 12.0 Å². The van der Waals surface area contributed by atoms with E-state index in [4.69, 9.17) is 5.73 Å². The van der Waals surface area contributed by atoms with Gasteiger partial charge in [0.2, 0.25) is 5.91 Å². The summed E-state index contributed by atoms with van der Waals surface area (Å²) in [6.45, 7) is -0.316. The molecule has 2 aliphatic rings. The summed E-state index contributed by atoms with van der Waals surface area (Å²) in [6, 6.07) is 1.66. The van der Waals surface area contributed by atoms with E-state index in [1.165, 1.54) is 7.11 Å². The number of β-lactam (4-membered cyclic amide) rings is 1. The fourth-order valence-corrected chi connectivity index (χ4v) is 5.42. The lowest BCUT2D eigenvalue weighted by molar-refractivity contribution is -0.689. The summed E-state index contributed by atoms with van der Waals surface area (Å²) in [6.07, 6.45) is 4.01. The quantitative estimate of drug-likeness (QED) is 0.101. The third-order valence-corrected chi connectivity index (χ3v) is 7.18. The number of aliphatic hydroxyl groups is 1. The Hall–Kier alpha value is -4.35. The topological polar surface area (TPSA) is 231 Å². The molecule has 2 aliphatic heterocycles. The second-order valence-electron chi connectivity index (χ2n) is 8.07. The monoisotopic (exact) mass is 546 g/mol. The number of nitrogens with two attached hydrogens (primary N) is 1. The molecule has 0 bridgehead atoms. The minimum atomic E-state index is -1.63. The van der Waals surface area contributed by atoms with Gasteiger partial charge in [0, 0.05) is 12.1 Å². The van der Waals surface area contributed by atoms with Crippen molar-refractivity contribution >= 4 is 47.7 Å². The molecule has 1 fully saturated rings. The summed E-state index contributed by atoms with van der Waals surface area (Å²) in [4.78, 5) is 60.1. The van der Waals surface area contributed by atoms with Crippen molar-refractivity contribution in [3.05, 3.63) is 47.2 Å². The molecule has 0 spiro atoms. The van der Waals surface area contributed by atoms with Crippen molar-refractivity contribution in [3.8, 4) is 0 Å². The average Bonchev–Trinajstić information content (AvgIpc) is 3.37. The normalized spacial score (nSPS) is 19.7. The minimum Gasteiger partial charge on any atom is -0.543 e. The summed E-state index contributed by atoms with van der Waals surface area (Å²) in [5.41, 5.74) is 5.91. The Bertz CT molecular complexity index is 1330. The van der Waals surface area contributed by atoms with Crippen LogP contribution < -0.4 is 20.3 Å². The third-order valence-electron chi connectivity index (χ3n) is 5.73. The molecule has 38 heavy (non-hydrogen) atoms. The van der Waals surface area contributed by atoms with Gasteiger partial charge in [-0.25, -0.2) is 4.57 Å². The first-order valence-electron chi connectivity index (χ1n) is 11.0. The van der Waals surface area contributed by atoms with Gasteiger partial charge in [-0.2, -0.15) is 4.98 Å². The zero-order valence-electron chi connectivity index (χ0n) is 19.8. The number of nitrogens with one attached hydrogen (secondary N) is 1. The molecule has 4 heterocycles. The molecule has 0 saturated carbocycles. The van der Waals surface area contributed by atoms with Gasteiger partial charge in [0.25, 0.3) is 11.9 Å². The Balaban J connectivity index is 1.85. The zero-order valence-corrected chi connectivity index (χ0v) is 20.6. The predicted molar refractivity (Wildman–Crippen MR) is 125 cm³/mol. The number of hydrogen-bond donors (Lipinski definition) is 4. The van der Waals surface area contributed by atoms with Gasteiger partial charge < -0.3 is 30.7 Å². The lowest BCUT2D eigenvalue weighted by Crippen LogP contribution is -2.60. The van der Waals surface area contributed by atoms with Crippen molar-refractivity contribution in [2.24, 2.45) is 10.9 Å². The Kier molecular flexibility index (Phi) is 7.70. The molecular weight excluding hydrogens is 524 g/mol. The highest BCUT2D eigenvalue weighted by Crippen LogP contribution is 2.45. The van der Waals surface area contributed by atoms with Crippen LogP contribution in [0.15, 0.2) is 41.0 Å². The number of aliphatic carboxylic acids is 2. The maximum absolute atomic E-state index is 13.3. The summed E-state index contributed by atoms with van der Waals surface area (Å²) >= 11 is 1.09. The van der Waals surface area contributed by atoms with Crippen LogP contribution in [0.4, 0.5) is 5.95 Å². The fraction of sp³-hybridized carbons (Fsp3) is 0.333. The standard InChI is InChI=1S/C21H22N8O8S/c1-37-23-7-13(32)29(21-24-17(25-26-21)15(22)19(33)34)18-11(8-27-4-2-10(9-30)3-5-27)16(20(35)36)28-12(31)6-14(28)38-18/h2-5,7,14-15,18,30H,6,8-9,22H2,1H3,(H2-,24,25,26,33,34,35,36)/t14-,15?,18?/m0/s1. The van der Waals surface area contributed by atoms with Gasteiger partial charge in [-0.15, -0.1) is 16.9 Å². The van der Waals surface area contributed by atoms with E-state index in [-0.39, 0.29) is 36.9 Å². The van der Waals surface area contributed by atoms with Gasteiger partial charge in [0.15, 0.2) is 30.8 Å². The summed E-state index contributed by atoms with van der Waals surface area (Å²) in [5.74, 6) is -4.84. The van der Waals surface area contributed by atoms with Crippen LogP contribution in [0.25, 0.3) is 0 Å². The van der Waals surface area contributed by atoms with E-state index in [1.807, 2.05) is 0 Å². The highest BCUT2D eigenvalue weighted by atomic mass is 32.2. The molecule has 2 amide bonds. The Morgan fingerprint density at radius 3 is 2.74 bits per heavy atom. The number of aliphatic hydroxyl groups excluding tert-OH is 1. The fourth-order valence-electron chi connectivity index (χ4n) is 3.87. The molecule has 5 N–H and O–H groups in total. The number of oxime groups is 1. The Morgan fingerprint density at radius 1 is 1.45 bits per heavy atom. The van der Waals surface area contributed by atoms with E-state index < -0.39 is 46.2 Å². The minimum absolute atomic E-state index is 0.0148. The van der Waals surface area contributed by atoms with Crippen LogP contribution in [0.1, 0.15) is 23.9 Å². The first kappa shape index (κ1) is 26.7. The number of carbonyl (C=O) groups excluding carboxylic acids is 3. The molecule has 2 unspecified atom stereocenters. The van der Waals surface area contributed by atoms with Crippen LogP contribution in [0.3, 0.4) is 0 Å². The number of H-pyrrole nitrogens is 1. The molecule has 3 atom stereocenters. The van der Waals surface area contributed by atoms with Crippen molar-refractivity contribution in [1.82, 2.24) is 20.1 Å². The van der Waals surface area contributed by atoms with Crippen LogP contribution in [0.2, 0.25) is 0 Å². The van der Waals surface area contributed by atoms with Gasteiger partial charge in [-0.3, -0.25) is 29.3 Å². The lowest BCUT2D eigenvalue weighted by atomic mass is 10.1. The SMILES string of the molecule is CON=CC(=O)N(c1n[nH]c(C(N)C(=O)O)n1)C1S[C@H]2CC(=O)N2C(C(=O)[O-])=C1C[n+]1ccc(CO)cc1. The zero-order chi connectivity index (χ0) is 27.6. The number of aromatic amines is 1. The van der Waals surface area contributed by atoms with Crippen molar-refractivity contribution < 1.29 is 43.9 Å². The number of anilines is 1. The van der Waals surface area contributed by atoms with Crippen LogP contribution in [0.5, 0.6) is 0 Å². The van der Waals surface area contributed by atoms with E-state index in [1.54, 1.807) is 29.1 Å². The molecule has 1 saturated heterocycles. The van der Waals surface area contributed by atoms with Crippen LogP contribution in [-0.4, -0.2) is 78.1 Å². The second kappa shape index (κ2) is 11.0. The second-order valence-corrected chi connectivity index (χ2v) is 9.33. The van der Waals surface area contributed by atoms with Crippen molar-refractivity contribution in [1.29, 1.82) is 0 Å².